The molecule has 0 amide bonds. The number of rotatable bonds is 0. The molecule has 0 aliphatic rings. The van der Waals surface area contributed by atoms with Gasteiger partial charge in [-0.15, -0.1) is 9.24 Å². The molecule has 0 aromatic heterocycles. The van der Waals surface area contributed by atoms with Gasteiger partial charge < -0.3 is 5.11 Å². The van der Waals surface area contributed by atoms with Crippen molar-refractivity contribution in [1.82, 2.24) is 0 Å². The lowest BCUT2D eigenvalue weighted by Gasteiger charge is -1.95. The monoisotopic (exact) mass is 190 g/mol. The number of hydrogen-bond donors (Lipinski definition) is 1. The summed E-state index contributed by atoms with van der Waals surface area (Å²) in [6, 6.07) is 5.15. The molecule has 0 spiro atoms. The van der Waals surface area contributed by atoms with Crippen LogP contribution in [0.3, 0.4) is 0 Å². The van der Waals surface area contributed by atoms with E-state index in [1.165, 1.54) is 0 Å². The van der Waals surface area contributed by atoms with Crippen LogP contribution in [-0.2, 0) is 0 Å². The van der Waals surface area contributed by atoms with Crippen molar-refractivity contribution in [1.29, 1.82) is 0 Å². The number of phenols is 1. The Kier molecular flexibility index (Phi) is 5.27. The Morgan fingerprint density at radius 2 is 1.91 bits per heavy atom. The van der Waals surface area contributed by atoms with E-state index in [1.807, 2.05) is 19.7 Å². The van der Waals surface area contributed by atoms with Crippen molar-refractivity contribution in [2.24, 2.45) is 0 Å². The maximum atomic E-state index is 8.97. The molecule has 1 aromatic carbocycles. The van der Waals surface area contributed by atoms with Gasteiger partial charge in [-0.25, -0.2) is 0 Å². The third kappa shape index (κ3) is 3.60. The Bertz CT molecular complexity index is 225. The maximum absolute atomic E-state index is 8.97. The van der Waals surface area contributed by atoms with Crippen molar-refractivity contribution in [2.45, 2.75) is 6.92 Å². The lowest BCUT2D eigenvalue weighted by atomic mass is 10.2. The molecule has 0 fully saturated rings. The van der Waals surface area contributed by atoms with Gasteiger partial charge >= 0.3 is 0 Å². The summed E-state index contributed by atoms with van der Waals surface area (Å²) in [6.45, 7) is 3.82. The molecule has 0 saturated heterocycles. The van der Waals surface area contributed by atoms with Gasteiger partial charge in [0.1, 0.15) is 5.75 Å². The second-order valence-electron chi connectivity index (χ2n) is 1.95. The minimum Gasteiger partial charge on any atom is -0.506 e. The molecule has 1 atom stereocenters. The molecule has 1 nitrogen and oxygen atoms in total. The second-order valence-corrected chi connectivity index (χ2v) is 2.36. The molecule has 0 saturated carbocycles. The van der Waals surface area contributed by atoms with E-state index in [0.717, 1.165) is 5.56 Å². The number of aryl methyl sites for hydroxylation is 1. The Balaban J connectivity index is 0.000000461. The Hall–Kier alpha value is -0.260. The molecular weight excluding hydrogens is 179 g/mol. The molecule has 0 radical (unpaired) electrons. The molecule has 1 aromatic rings. The number of phenolic OH excluding ortho intramolecular Hbond substituents is 1. The molecule has 0 aliphatic carbocycles. The highest BCUT2D eigenvalue weighted by molar-refractivity contribution is 7.15. The first-order chi connectivity index (χ1) is 5.20. The molecule has 62 valence electrons. The highest BCUT2D eigenvalue weighted by atomic mass is 35.5. The molecule has 11 heavy (non-hydrogen) atoms. The van der Waals surface area contributed by atoms with Crippen molar-refractivity contribution in [3.63, 3.8) is 0 Å². The zero-order valence-electron chi connectivity index (χ0n) is 6.63. The average molecular weight is 191 g/mol. The predicted molar refractivity (Wildman–Crippen MR) is 53.5 cm³/mol. The zero-order valence-corrected chi connectivity index (χ0v) is 8.55. The number of benzene rings is 1. The highest BCUT2D eigenvalue weighted by Gasteiger charge is 1.94. The lowest BCUT2D eigenvalue weighted by molar-refractivity contribution is 0.475. The summed E-state index contributed by atoms with van der Waals surface area (Å²) in [4.78, 5) is 0. The van der Waals surface area contributed by atoms with Gasteiger partial charge in [-0.2, -0.15) is 0 Å². The molecule has 1 rings (SSSR count). The number of halogens is 1. The quantitative estimate of drug-likeness (QED) is 0.624. The summed E-state index contributed by atoms with van der Waals surface area (Å²) in [5, 5.41) is 9.37. The van der Waals surface area contributed by atoms with Gasteiger partial charge in [-0.3, -0.25) is 0 Å². The van der Waals surface area contributed by atoms with E-state index in [2.05, 4.69) is 9.24 Å². The summed E-state index contributed by atoms with van der Waals surface area (Å²) >= 11 is 5.53. The van der Waals surface area contributed by atoms with E-state index in [9.17, 15) is 0 Å². The minimum absolute atomic E-state index is 0.150. The van der Waals surface area contributed by atoms with Crippen LogP contribution >= 0.6 is 20.8 Å². The molecule has 3 heteroatoms. The van der Waals surface area contributed by atoms with E-state index >= 15 is 0 Å². The molecule has 0 aliphatic heterocycles. The molecule has 0 heterocycles. The van der Waals surface area contributed by atoms with Crippen LogP contribution in [-0.4, -0.2) is 11.8 Å². The number of hydrogen-bond acceptors (Lipinski definition) is 1. The summed E-state index contributed by atoms with van der Waals surface area (Å²) < 4.78 is 0. The van der Waals surface area contributed by atoms with Crippen LogP contribution in [0.2, 0.25) is 5.02 Å². The molecule has 1 unspecified atom stereocenters. The van der Waals surface area contributed by atoms with E-state index in [-0.39, 0.29) is 5.75 Å². The summed E-state index contributed by atoms with van der Waals surface area (Å²) in [5.41, 5.74) is 1.01. The van der Waals surface area contributed by atoms with E-state index in [4.69, 9.17) is 16.7 Å². The topological polar surface area (TPSA) is 20.2 Å². The van der Waals surface area contributed by atoms with Gasteiger partial charge in [0.25, 0.3) is 0 Å². The third-order valence-corrected chi connectivity index (χ3v) is 1.42. The van der Waals surface area contributed by atoms with E-state index < -0.39 is 0 Å². The van der Waals surface area contributed by atoms with Crippen molar-refractivity contribution in [3.8, 4) is 5.75 Å². The van der Waals surface area contributed by atoms with Gasteiger partial charge in [-0.05, 0) is 24.6 Å². The molecule has 1 N–H and O–H groups in total. The van der Waals surface area contributed by atoms with Gasteiger partial charge in [0.05, 0.1) is 5.02 Å². The van der Waals surface area contributed by atoms with Crippen LogP contribution in [0.25, 0.3) is 0 Å². The first-order valence-corrected chi connectivity index (χ1v) is 4.76. The summed E-state index contributed by atoms with van der Waals surface area (Å²) in [6.07, 6.45) is 0. The van der Waals surface area contributed by atoms with Gasteiger partial charge in [0, 0.05) is 0 Å². The van der Waals surface area contributed by atoms with Gasteiger partial charge in [0.2, 0.25) is 0 Å². The molecular formula is C8H12ClOP. The first-order valence-electron chi connectivity index (χ1n) is 3.23. The van der Waals surface area contributed by atoms with Crippen molar-refractivity contribution < 1.29 is 5.11 Å². The zero-order chi connectivity index (χ0) is 8.85. The fourth-order valence-corrected chi connectivity index (χ4v) is 0.740. The van der Waals surface area contributed by atoms with Crippen molar-refractivity contribution in [2.75, 3.05) is 6.66 Å². The lowest BCUT2D eigenvalue weighted by Crippen LogP contribution is -1.70. The Morgan fingerprint density at radius 1 is 1.36 bits per heavy atom. The van der Waals surface area contributed by atoms with Crippen LogP contribution in [0, 0.1) is 6.92 Å². The fraction of sp³-hybridized carbons (Fsp3) is 0.250. The first kappa shape index (κ1) is 10.7. The number of aromatic hydroxyl groups is 1. The second kappa shape index (κ2) is 5.40. The van der Waals surface area contributed by atoms with Crippen molar-refractivity contribution in [3.05, 3.63) is 28.8 Å². The average Bonchev–Trinajstić information content (AvgIpc) is 2.02. The minimum atomic E-state index is 0.150. The SMILES string of the molecule is CP.Cc1ccc(Cl)c(O)c1. The largest absolute Gasteiger partial charge is 0.506 e. The van der Waals surface area contributed by atoms with Crippen LogP contribution in [0.15, 0.2) is 18.2 Å². The Labute approximate surface area is 74.6 Å². The summed E-state index contributed by atoms with van der Waals surface area (Å²) in [7, 11) is 2.42. The van der Waals surface area contributed by atoms with Gasteiger partial charge in [0.15, 0.2) is 0 Å². The predicted octanol–water partition coefficient (Wildman–Crippen LogP) is 2.85. The van der Waals surface area contributed by atoms with Crippen molar-refractivity contribution >= 4 is 20.8 Å². The van der Waals surface area contributed by atoms with Crippen LogP contribution in [0.1, 0.15) is 5.56 Å². The van der Waals surface area contributed by atoms with E-state index in [1.54, 1.807) is 12.1 Å². The Morgan fingerprint density at radius 3 is 2.27 bits per heavy atom. The highest BCUT2D eigenvalue weighted by Crippen LogP contribution is 2.22. The molecule has 0 bridgehead atoms. The maximum Gasteiger partial charge on any atom is 0.134 e. The van der Waals surface area contributed by atoms with Crippen LogP contribution in [0.5, 0.6) is 5.75 Å². The fourth-order valence-electron chi connectivity index (χ4n) is 0.623. The van der Waals surface area contributed by atoms with E-state index in [0.29, 0.717) is 5.02 Å². The smallest absolute Gasteiger partial charge is 0.134 e. The standard InChI is InChI=1S/C7H7ClO.CH5P/c1-5-2-3-6(8)7(9)4-5;1-2/h2-4,9H,1H3;2H2,1H3. The van der Waals surface area contributed by atoms with Crippen LogP contribution < -0.4 is 0 Å². The van der Waals surface area contributed by atoms with Gasteiger partial charge in [-0.1, -0.05) is 24.3 Å². The third-order valence-electron chi connectivity index (χ3n) is 1.10. The normalized spacial score (nSPS) is 8.36. The summed E-state index contributed by atoms with van der Waals surface area (Å²) in [5.74, 6) is 0.150. The van der Waals surface area contributed by atoms with Crippen LogP contribution in [0.4, 0.5) is 0 Å².